The van der Waals surface area contributed by atoms with Crippen LogP contribution in [0.3, 0.4) is 0 Å². The van der Waals surface area contributed by atoms with Gasteiger partial charge < -0.3 is 15.4 Å². The number of carboxylic acids is 1. The van der Waals surface area contributed by atoms with Gasteiger partial charge in [0.1, 0.15) is 0 Å². The largest absolute Gasteiger partial charge is 0.478 e. The minimum atomic E-state index is -1.15. The molecule has 3 N–H and O–H groups in total. The first-order chi connectivity index (χ1) is 13.9. The highest BCUT2D eigenvalue weighted by atomic mass is 35.5. The van der Waals surface area contributed by atoms with Gasteiger partial charge in [0.05, 0.1) is 21.8 Å². The highest BCUT2D eigenvalue weighted by molar-refractivity contribution is 6.37. The number of amides is 1. The molecule has 7 heteroatoms. The van der Waals surface area contributed by atoms with E-state index in [9.17, 15) is 14.7 Å². The predicted molar refractivity (Wildman–Crippen MR) is 115 cm³/mol. The number of carbonyl (C=O) groups is 2. The SMILES string of the molecule is O=C(Nc1ccc(-c2ccc3[nH]ccc3c2)cc1C(=O)O)c1ccc(Cl)cc1Cl. The maximum atomic E-state index is 12.6. The zero-order valence-electron chi connectivity index (χ0n) is 14.9. The van der Waals surface area contributed by atoms with Crippen LogP contribution in [-0.4, -0.2) is 22.0 Å². The van der Waals surface area contributed by atoms with E-state index in [1.54, 1.807) is 18.2 Å². The third-order valence-electron chi connectivity index (χ3n) is 4.56. The summed E-state index contributed by atoms with van der Waals surface area (Å²) in [6.45, 7) is 0. The van der Waals surface area contributed by atoms with E-state index >= 15 is 0 Å². The quantitative estimate of drug-likeness (QED) is 0.370. The number of halogens is 2. The maximum Gasteiger partial charge on any atom is 0.337 e. The van der Waals surface area contributed by atoms with E-state index in [2.05, 4.69) is 10.3 Å². The van der Waals surface area contributed by atoms with Gasteiger partial charge in [0.25, 0.3) is 5.91 Å². The number of aromatic carboxylic acids is 1. The highest BCUT2D eigenvalue weighted by Gasteiger charge is 2.17. The van der Waals surface area contributed by atoms with Crippen molar-refractivity contribution in [3.05, 3.63) is 88.0 Å². The fourth-order valence-corrected chi connectivity index (χ4v) is 3.60. The monoisotopic (exact) mass is 424 g/mol. The van der Waals surface area contributed by atoms with Crippen LogP contribution in [0, 0.1) is 0 Å². The molecule has 144 valence electrons. The van der Waals surface area contributed by atoms with Crippen LogP contribution in [0.2, 0.25) is 10.0 Å². The zero-order valence-corrected chi connectivity index (χ0v) is 16.4. The lowest BCUT2D eigenvalue weighted by atomic mass is 10.0. The van der Waals surface area contributed by atoms with Gasteiger partial charge in [0.15, 0.2) is 0 Å². The highest BCUT2D eigenvalue weighted by Crippen LogP contribution is 2.29. The second-order valence-corrected chi connectivity index (χ2v) is 7.27. The van der Waals surface area contributed by atoms with E-state index in [1.807, 2.05) is 30.5 Å². The van der Waals surface area contributed by atoms with Gasteiger partial charge in [-0.3, -0.25) is 4.79 Å². The molecule has 0 radical (unpaired) electrons. The van der Waals surface area contributed by atoms with E-state index < -0.39 is 11.9 Å². The first-order valence-corrected chi connectivity index (χ1v) is 9.39. The Balaban J connectivity index is 1.69. The van der Waals surface area contributed by atoms with Crippen molar-refractivity contribution in [1.82, 2.24) is 4.98 Å². The van der Waals surface area contributed by atoms with Gasteiger partial charge >= 0.3 is 5.97 Å². The second kappa shape index (κ2) is 7.62. The minimum Gasteiger partial charge on any atom is -0.478 e. The number of anilines is 1. The number of aromatic nitrogens is 1. The zero-order chi connectivity index (χ0) is 20.5. The van der Waals surface area contributed by atoms with Gasteiger partial charge in [-0.2, -0.15) is 0 Å². The van der Waals surface area contributed by atoms with Gasteiger partial charge in [0.2, 0.25) is 0 Å². The third kappa shape index (κ3) is 3.83. The molecule has 0 spiro atoms. The van der Waals surface area contributed by atoms with Crippen LogP contribution in [0.4, 0.5) is 5.69 Å². The number of fused-ring (bicyclic) bond motifs is 1. The number of carboxylic acid groups (broad SMARTS) is 1. The molecule has 0 aliphatic carbocycles. The van der Waals surface area contributed by atoms with Gasteiger partial charge in [-0.25, -0.2) is 4.79 Å². The lowest BCUT2D eigenvalue weighted by Gasteiger charge is -2.12. The van der Waals surface area contributed by atoms with Crippen molar-refractivity contribution in [2.75, 3.05) is 5.32 Å². The van der Waals surface area contributed by atoms with Gasteiger partial charge in [-0.05, 0) is 65.0 Å². The van der Waals surface area contributed by atoms with Crippen LogP contribution in [0.25, 0.3) is 22.0 Å². The molecule has 29 heavy (non-hydrogen) atoms. The molecule has 3 aromatic carbocycles. The summed E-state index contributed by atoms with van der Waals surface area (Å²) >= 11 is 11.9. The smallest absolute Gasteiger partial charge is 0.337 e. The molecule has 0 atom stereocenters. The fourth-order valence-electron chi connectivity index (χ4n) is 3.11. The minimum absolute atomic E-state index is 0.0184. The maximum absolute atomic E-state index is 12.6. The van der Waals surface area contributed by atoms with Gasteiger partial charge in [0, 0.05) is 16.7 Å². The number of hydrogen-bond donors (Lipinski definition) is 3. The Hall–Kier alpha value is -3.28. The van der Waals surface area contributed by atoms with E-state index in [-0.39, 0.29) is 21.8 Å². The van der Waals surface area contributed by atoms with Crippen LogP contribution >= 0.6 is 23.2 Å². The molecule has 1 aromatic heterocycles. The van der Waals surface area contributed by atoms with Crippen molar-refractivity contribution in [3.8, 4) is 11.1 Å². The summed E-state index contributed by atoms with van der Waals surface area (Å²) in [5, 5.41) is 13.9. The lowest BCUT2D eigenvalue weighted by Crippen LogP contribution is -2.15. The van der Waals surface area contributed by atoms with Gasteiger partial charge in [-0.15, -0.1) is 0 Å². The van der Waals surface area contributed by atoms with Crippen molar-refractivity contribution < 1.29 is 14.7 Å². The van der Waals surface area contributed by atoms with E-state index in [1.165, 1.54) is 18.2 Å². The molecule has 4 aromatic rings. The summed E-state index contributed by atoms with van der Waals surface area (Å²) in [4.78, 5) is 27.5. The molecule has 1 amide bonds. The normalized spacial score (nSPS) is 10.8. The predicted octanol–water partition coefficient (Wildman–Crippen LogP) is 6.09. The summed E-state index contributed by atoms with van der Waals surface area (Å²) in [5.41, 5.74) is 2.96. The van der Waals surface area contributed by atoms with E-state index in [4.69, 9.17) is 23.2 Å². The molecule has 0 bridgehead atoms. The summed E-state index contributed by atoms with van der Waals surface area (Å²) in [6.07, 6.45) is 1.84. The Labute approximate surface area is 175 Å². The average Bonchev–Trinajstić information content (AvgIpc) is 3.15. The Kier molecular flexibility index (Phi) is 5.01. The van der Waals surface area contributed by atoms with Crippen molar-refractivity contribution in [2.45, 2.75) is 0 Å². The first kappa shape index (κ1) is 19.1. The Bertz CT molecular complexity index is 1260. The van der Waals surface area contributed by atoms with E-state index in [0.717, 1.165) is 22.0 Å². The van der Waals surface area contributed by atoms with E-state index in [0.29, 0.717) is 5.02 Å². The van der Waals surface area contributed by atoms with Crippen LogP contribution in [0.1, 0.15) is 20.7 Å². The molecule has 0 fully saturated rings. The lowest BCUT2D eigenvalue weighted by molar-refractivity contribution is 0.0698. The average molecular weight is 425 g/mol. The summed E-state index contributed by atoms with van der Waals surface area (Å²) < 4.78 is 0. The molecule has 0 aliphatic rings. The van der Waals surface area contributed by atoms with Crippen LogP contribution < -0.4 is 5.32 Å². The molecular weight excluding hydrogens is 411 g/mol. The third-order valence-corrected chi connectivity index (χ3v) is 5.11. The molecule has 0 aliphatic heterocycles. The Morgan fingerprint density at radius 1 is 0.862 bits per heavy atom. The van der Waals surface area contributed by atoms with Gasteiger partial charge in [-0.1, -0.05) is 35.3 Å². The number of benzene rings is 3. The molecule has 0 saturated heterocycles. The number of aromatic amines is 1. The molecule has 0 unspecified atom stereocenters. The Morgan fingerprint density at radius 3 is 2.38 bits per heavy atom. The number of hydrogen-bond acceptors (Lipinski definition) is 2. The number of rotatable bonds is 4. The molecule has 1 heterocycles. The first-order valence-electron chi connectivity index (χ1n) is 8.63. The van der Waals surface area contributed by atoms with Crippen molar-refractivity contribution in [3.63, 3.8) is 0 Å². The standard InChI is InChI=1S/C22H14Cl2N2O3/c23-15-3-4-16(18(24)11-15)21(27)26-20-6-2-13(10-17(20)22(28)29)12-1-5-19-14(9-12)7-8-25-19/h1-11,25H,(H,26,27)(H,28,29). The van der Waals surface area contributed by atoms with Crippen LogP contribution in [0.5, 0.6) is 0 Å². The number of H-pyrrole nitrogens is 1. The summed E-state index contributed by atoms with van der Waals surface area (Å²) in [7, 11) is 0. The molecule has 4 rings (SSSR count). The fraction of sp³-hybridized carbons (Fsp3) is 0. The van der Waals surface area contributed by atoms with Crippen molar-refractivity contribution in [2.24, 2.45) is 0 Å². The summed E-state index contributed by atoms with van der Waals surface area (Å²) in [5.74, 6) is -1.66. The van der Waals surface area contributed by atoms with Crippen LogP contribution in [-0.2, 0) is 0 Å². The van der Waals surface area contributed by atoms with Crippen LogP contribution in [0.15, 0.2) is 66.9 Å². The summed E-state index contributed by atoms with van der Waals surface area (Å²) in [6, 6.07) is 17.1. The second-order valence-electron chi connectivity index (χ2n) is 6.42. The molecule has 0 saturated carbocycles. The molecule has 5 nitrogen and oxygen atoms in total. The topological polar surface area (TPSA) is 82.2 Å². The number of carbonyl (C=O) groups excluding carboxylic acids is 1. The number of nitrogens with one attached hydrogen (secondary N) is 2. The Morgan fingerprint density at radius 2 is 1.62 bits per heavy atom. The van der Waals surface area contributed by atoms with Crippen molar-refractivity contribution in [1.29, 1.82) is 0 Å². The molecular formula is C22H14Cl2N2O3. The van der Waals surface area contributed by atoms with Crippen molar-refractivity contribution >= 4 is 51.7 Å².